The van der Waals surface area contributed by atoms with Crippen molar-refractivity contribution in [3.8, 4) is 0 Å². The average molecular weight is 492 g/mol. The van der Waals surface area contributed by atoms with E-state index in [1.54, 1.807) is 0 Å². The van der Waals surface area contributed by atoms with Gasteiger partial charge in [0, 0.05) is 5.97 Å². The second-order valence-electron chi connectivity index (χ2n) is 4.66. The van der Waals surface area contributed by atoms with Crippen LogP contribution >= 0.6 is 0 Å². The maximum absolute atomic E-state index is 10.1. The fourth-order valence-electron chi connectivity index (χ4n) is 1.93. The van der Waals surface area contributed by atoms with Crippen molar-refractivity contribution in [2.75, 3.05) is 0 Å². The van der Waals surface area contributed by atoms with Gasteiger partial charge >= 0.3 is 21.1 Å². The minimum Gasteiger partial charge on any atom is -1.00 e. The van der Waals surface area contributed by atoms with Crippen LogP contribution in [0.25, 0.3) is 0 Å². The molecule has 0 heterocycles. The normalized spacial score (nSPS) is 8.45. The molecule has 0 aromatic carbocycles. The van der Waals surface area contributed by atoms with Gasteiger partial charge in [-0.05, 0) is 12.8 Å². The van der Waals surface area contributed by atoms with Crippen molar-refractivity contribution < 1.29 is 43.4 Å². The van der Waals surface area contributed by atoms with Crippen LogP contribution in [0, 0.1) is 0 Å². The molecule has 0 spiro atoms. The van der Waals surface area contributed by atoms with Crippen LogP contribution in [0.2, 0.25) is 0 Å². The van der Waals surface area contributed by atoms with Crippen LogP contribution in [0.4, 0.5) is 0 Å². The monoisotopic (exact) mass is 491 g/mol. The number of carbonyl (C=O) groups is 1. The van der Waals surface area contributed by atoms with E-state index in [0.717, 1.165) is 12.8 Å². The Bertz CT molecular complexity index is 175. The summed E-state index contributed by atoms with van der Waals surface area (Å²) >= 11 is 0. The summed E-state index contributed by atoms with van der Waals surface area (Å²) in [5.41, 5.74) is 0. The third kappa shape index (κ3) is 31.0. The van der Waals surface area contributed by atoms with Crippen LogP contribution in [0.1, 0.15) is 84.0 Å². The van der Waals surface area contributed by atoms with Crippen molar-refractivity contribution in [1.29, 1.82) is 0 Å². The van der Waals surface area contributed by atoms with E-state index in [9.17, 15) is 9.90 Å². The molecule has 0 aliphatic heterocycles. The Labute approximate surface area is 145 Å². The van der Waals surface area contributed by atoms with E-state index >= 15 is 0 Å². The first-order chi connectivity index (χ1) is 7.77. The molecule has 0 rings (SSSR count). The minimum atomic E-state index is -0.907. The second kappa shape index (κ2) is 27.7. The van der Waals surface area contributed by atoms with Gasteiger partial charge in [-0.25, -0.2) is 0 Å². The molecule has 0 amide bonds. The molecule has 0 fully saturated rings. The molecule has 0 bridgehead atoms. The van der Waals surface area contributed by atoms with Crippen LogP contribution in [0.5, 0.6) is 0 Å². The molecular weight excluding hydrogens is 459 g/mol. The van der Waals surface area contributed by atoms with E-state index in [4.69, 9.17) is 0 Å². The summed E-state index contributed by atoms with van der Waals surface area (Å²) in [7, 11) is 0. The number of hydrogen-bond donors (Lipinski definition) is 2. The molecule has 0 aliphatic rings. The molecule has 4 nitrogen and oxygen atoms in total. The van der Waals surface area contributed by atoms with E-state index in [-0.39, 0.29) is 52.2 Å². The summed E-state index contributed by atoms with van der Waals surface area (Å²) < 4.78 is 0. The molecule has 0 saturated carbocycles. The molecule has 6 N–H and O–H groups in total. The number of carboxylic acids is 1. The summed E-state index contributed by atoms with van der Waals surface area (Å²) in [5, 5.41) is 10.1. The molecular formula is C14H33ClN2O2Pt. The van der Waals surface area contributed by atoms with Gasteiger partial charge in [0.15, 0.2) is 0 Å². The predicted molar refractivity (Wildman–Crippen MR) is 76.1 cm³/mol. The Morgan fingerprint density at radius 3 is 1.35 bits per heavy atom. The number of aliphatic carboxylic acids is 1. The Morgan fingerprint density at radius 1 is 0.750 bits per heavy atom. The summed E-state index contributed by atoms with van der Waals surface area (Å²) in [6.45, 7) is 2.24. The van der Waals surface area contributed by atoms with Gasteiger partial charge in [0.25, 0.3) is 0 Å². The zero-order valence-electron chi connectivity index (χ0n) is 12.9. The molecule has 20 heavy (non-hydrogen) atoms. The summed E-state index contributed by atoms with van der Waals surface area (Å²) in [6.07, 6.45) is 14.0. The van der Waals surface area contributed by atoms with Crippen molar-refractivity contribution in [1.82, 2.24) is 12.3 Å². The Balaban J connectivity index is -0.000000187. The molecule has 6 heteroatoms. The van der Waals surface area contributed by atoms with Crippen molar-refractivity contribution in [3.63, 3.8) is 0 Å². The van der Waals surface area contributed by atoms with E-state index in [1.807, 2.05) is 0 Å². The molecule has 0 radical (unpaired) electrons. The Morgan fingerprint density at radius 2 is 1.05 bits per heavy atom. The number of carboxylic acid groups (broad SMARTS) is 1. The molecule has 0 saturated heterocycles. The number of halogens is 1. The molecule has 0 aromatic heterocycles. The quantitative estimate of drug-likeness (QED) is 0.393. The van der Waals surface area contributed by atoms with Crippen molar-refractivity contribution in [2.24, 2.45) is 0 Å². The second-order valence-corrected chi connectivity index (χ2v) is 4.66. The zero-order chi connectivity index (χ0) is 12.1. The van der Waals surface area contributed by atoms with Gasteiger partial charge in [-0.1, -0.05) is 71.1 Å². The molecule has 128 valence electrons. The fraction of sp³-hybridized carbons (Fsp3) is 0.929. The van der Waals surface area contributed by atoms with E-state index < -0.39 is 5.97 Å². The Kier molecular flexibility index (Phi) is 44.8. The molecule has 0 atom stereocenters. The van der Waals surface area contributed by atoms with E-state index in [1.165, 1.54) is 57.8 Å². The first kappa shape index (κ1) is 32.4. The van der Waals surface area contributed by atoms with Crippen molar-refractivity contribution in [3.05, 3.63) is 0 Å². The average Bonchev–Trinajstić information content (AvgIpc) is 2.25. The molecule has 0 aliphatic carbocycles. The van der Waals surface area contributed by atoms with Crippen molar-refractivity contribution >= 4 is 5.97 Å². The summed E-state index contributed by atoms with van der Waals surface area (Å²) in [5.74, 6) is -0.907. The van der Waals surface area contributed by atoms with Crippen LogP contribution < -0.4 is 29.8 Å². The van der Waals surface area contributed by atoms with E-state index in [0.29, 0.717) is 0 Å². The minimum absolute atomic E-state index is 0. The number of unbranched alkanes of at least 4 members (excludes halogenated alkanes) is 10. The van der Waals surface area contributed by atoms with E-state index in [2.05, 4.69) is 6.92 Å². The molecule has 0 unspecified atom stereocenters. The van der Waals surface area contributed by atoms with Crippen LogP contribution in [-0.2, 0) is 25.9 Å². The maximum Gasteiger partial charge on any atom is 2.00 e. The van der Waals surface area contributed by atoms with Gasteiger partial charge in [-0.15, -0.1) is 0 Å². The summed E-state index contributed by atoms with van der Waals surface area (Å²) in [6, 6.07) is 0. The topological polar surface area (TPSA) is 110 Å². The number of hydrogen-bond acceptors (Lipinski definition) is 4. The summed E-state index contributed by atoms with van der Waals surface area (Å²) in [4.78, 5) is 10.1. The number of rotatable bonds is 12. The van der Waals surface area contributed by atoms with Crippen LogP contribution in [0.15, 0.2) is 0 Å². The fourth-order valence-corrected chi connectivity index (χ4v) is 1.93. The maximum atomic E-state index is 10.1. The van der Waals surface area contributed by atoms with Gasteiger partial charge in [-0.3, -0.25) is 0 Å². The Hall–Kier alpha value is 0.368. The van der Waals surface area contributed by atoms with Crippen molar-refractivity contribution in [2.45, 2.75) is 84.0 Å². The number of carbonyl (C=O) groups excluding carboxylic acids is 1. The van der Waals surface area contributed by atoms with Gasteiger partial charge in [0.2, 0.25) is 0 Å². The zero-order valence-corrected chi connectivity index (χ0v) is 15.9. The third-order valence-electron chi connectivity index (χ3n) is 2.98. The van der Waals surface area contributed by atoms with Gasteiger partial charge in [0.1, 0.15) is 0 Å². The predicted octanol–water partition coefficient (Wildman–Crippen LogP) is 0.763. The van der Waals surface area contributed by atoms with Crippen LogP contribution in [-0.4, -0.2) is 5.97 Å². The standard InChI is InChI=1S/C14H28O2.ClH.2H3N.Pt/c1-2-3-4-5-6-7-8-9-10-11-12-13-14(15)16;;;;/h2-13H2,1H3,(H,15,16);1H;2*1H3;/q;;;;+2/p-2. The molecule has 0 aromatic rings. The van der Waals surface area contributed by atoms with Gasteiger partial charge in [0.05, 0.1) is 0 Å². The first-order valence-corrected chi connectivity index (χ1v) is 6.97. The van der Waals surface area contributed by atoms with Gasteiger partial charge < -0.3 is 34.6 Å². The van der Waals surface area contributed by atoms with Gasteiger partial charge in [-0.2, -0.15) is 0 Å². The third-order valence-corrected chi connectivity index (χ3v) is 2.98. The van der Waals surface area contributed by atoms with Crippen LogP contribution in [0.3, 0.4) is 0 Å². The SMILES string of the molecule is CCCCCCCCCCCCCC(=O)[O-].N.N.[Cl-].[Pt+2]. The largest absolute Gasteiger partial charge is 2.00 e. The smallest absolute Gasteiger partial charge is 1.00 e. The first-order valence-electron chi connectivity index (χ1n) is 6.97.